The van der Waals surface area contributed by atoms with E-state index < -0.39 is 5.91 Å². The lowest BCUT2D eigenvalue weighted by atomic mass is 10.2. The van der Waals surface area contributed by atoms with Crippen molar-refractivity contribution in [2.24, 2.45) is 5.73 Å². The normalized spacial score (nSPS) is 9.68. The van der Waals surface area contributed by atoms with Crippen molar-refractivity contribution in [1.29, 1.82) is 5.26 Å². The van der Waals surface area contributed by atoms with Crippen molar-refractivity contribution >= 4 is 17.5 Å². The molecule has 0 radical (unpaired) electrons. The van der Waals surface area contributed by atoms with Gasteiger partial charge >= 0.3 is 0 Å². The number of carbonyl (C=O) groups is 1. The Morgan fingerprint density at radius 3 is 2.63 bits per heavy atom. The van der Waals surface area contributed by atoms with Crippen molar-refractivity contribution in [2.45, 2.75) is 0 Å². The molecule has 0 spiro atoms. The van der Waals surface area contributed by atoms with Crippen molar-refractivity contribution in [2.75, 3.05) is 0 Å². The van der Waals surface area contributed by atoms with Crippen molar-refractivity contribution < 1.29 is 9.53 Å². The maximum Gasteiger partial charge on any atom is 0.252 e. The van der Waals surface area contributed by atoms with Gasteiger partial charge in [0.15, 0.2) is 0 Å². The van der Waals surface area contributed by atoms with Gasteiger partial charge in [0, 0.05) is 11.1 Å². The van der Waals surface area contributed by atoms with Crippen LogP contribution in [0, 0.1) is 11.3 Å². The molecule has 0 bridgehead atoms. The highest BCUT2D eigenvalue weighted by Gasteiger charge is 2.11. The predicted octanol–water partition coefficient (Wildman–Crippen LogP) is 3.10. The molecule has 2 aromatic rings. The van der Waals surface area contributed by atoms with Gasteiger partial charge < -0.3 is 10.5 Å². The molecule has 0 atom stereocenters. The lowest BCUT2D eigenvalue weighted by Gasteiger charge is -2.10. The van der Waals surface area contributed by atoms with Crippen LogP contribution in [0.4, 0.5) is 0 Å². The molecule has 1 amide bonds. The SMILES string of the molecule is N#Cc1ccc(Cl)cc1Oc1ccccc1C(N)=O. The van der Waals surface area contributed by atoms with Crippen LogP contribution < -0.4 is 10.5 Å². The average Bonchev–Trinajstić information content (AvgIpc) is 2.39. The highest BCUT2D eigenvalue weighted by Crippen LogP contribution is 2.29. The van der Waals surface area contributed by atoms with Crippen molar-refractivity contribution in [3.63, 3.8) is 0 Å². The van der Waals surface area contributed by atoms with Gasteiger partial charge in [-0.3, -0.25) is 4.79 Å². The summed E-state index contributed by atoms with van der Waals surface area (Å²) < 4.78 is 5.57. The molecule has 0 unspecified atom stereocenters. The van der Waals surface area contributed by atoms with Gasteiger partial charge in [-0.1, -0.05) is 23.7 Å². The topological polar surface area (TPSA) is 76.1 Å². The Morgan fingerprint density at radius 2 is 1.95 bits per heavy atom. The van der Waals surface area contributed by atoms with E-state index in [4.69, 9.17) is 27.3 Å². The van der Waals surface area contributed by atoms with E-state index >= 15 is 0 Å². The number of halogens is 1. The molecule has 0 fully saturated rings. The van der Waals surface area contributed by atoms with E-state index in [9.17, 15) is 4.79 Å². The summed E-state index contributed by atoms with van der Waals surface area (Å²) in [5.41, 5.74) is 5.82. The molecule has 0 aromatic heterocycles. The van der Waals surface area contributed by atoms with Gasteiger partial charge in [-0.15, -0.1) is 0 Å². The zero-order valence-corrected chi connectivity index (χ0v) is 10.5. The summed E-state index contributed by atoms with van der Waals surface area (Å²) in [5, 5.41) is 9.44. The number of carbonyl (C=O) groups excluding carboxylic acids is 1. The predicted molar refractivity (Wildman–Crippen MR) is 71.2 cm³/mol. The summed E-state index contributed by atoms with van der Waals surface area (Å²) in [7, 11) is 0. The Morgan fingerprint density at radius 1 is 1.21 bits per heavy atom. The number of primary amides is 1. The van der Waals surface area contributed by atoms with Crippen molar-refractivity contribution in [1.82, 2.24) is 0 Å². The molecule has 2 rings (SSSR count). The standard InChI is InChI=1S/C14H9ClN2O2/c15-10-6-5-9(8-16)13(7-10)19-12-4-2-1-3-11(12)14(17)18/h1-7H,(H2,17,18). The first-order valence-electron chi connectivity index (χ1n) is 5.38. The maximum atomic E-state index is 11.3. The fourth-order valence-corrected chi connectivity index (χ4v) is 1.71. The van der Waals surface area contributed by atoms with Crippen molar-refractivity contribution in [3.05, 3.63) is 58.6 Å². The highest BCUT2D eigenvalue weighted by molar-refractivity contribution is 6.30. The third kappa shape index (κ3) is 2.84. The molecule has 19 heavy (non-hydrogen) atoms. The number of hydrogen-bond donors (Lipinski definition) is 1. The van der Waals surface area contributed by atoms with Gasteiger partial charge in [-0.25, -0.2) is 0 Å². The van der Waals surface area contributed by atoms with E-state index in [0.29, 0.717) is 10.6 Å². The Bertz CT molecular complexity index is 677. The summed E-state index contributed by atoms with van der Waals surface area (Å²) >= 11 is 5.86. The highest BCUT2D eigenvalue weighted by atomic mass is 35.5. The van der Waals surface area contributed by atoms with Crippen LogP contribution in [0.2, 0.25) is 5.02 Å². The molecule has 5 heteroatoms. The second-order valence-electron chi connectivity index (χ2n) is 3.71. The number of ether oxygens (including phenoxy) is 1. The summed E-state index contributed by atoms with van der Waals surface area (Å²) in [6.07, 6.45) is 0. The number of nitrogens with zero attached hydrogens (tertiary/aromatic N) is 1. The van der Waals surface area contributed by atoms with Crippen LogP contribution in [-0.4, -0.2) is 5.91 Å². The van der Waals surface area contributed by atoms with Crippen LogP contribution in [0.15, 0.2) is 42.5 Å². The van der Waals surface area contributed by atoms with Gasteiger partial charge in [-0.2, -0.15) is 5.26 Å². The number of rotatable bonds is 3. The fourth-order valence-electron chi connectivity index (χ4n) is 1.55. The van der Waals surface area contributed by atoms with E-state index in [0.717, 1.165) is 0 Å². The summed E-state index contributed by atoms with van der Waals surface area (Å²) in [6, 6.07) is 13.2. The van der Waals surface area contributed by atoms with Gasteiger partial charge in [0.05, 0.1) is 11.1 Å². The molecule has 4 nitrogen and oxygen atoms in total. The fraction of sp³-hybridized carbons (Fsp3) is 0. The maximum absolute atomic E-state index is 11.3. The molecule has 2 aromatic carbocycles. The van der Waals surface area contributed by atoms with E-state index in [1.165, 1.54) is 6.07 Å². The molecule has 0 heterocycles. The Kier molecular flexibility index (Phi) is 3.69. The van der Waals surface area contributed by atoms with E-state index in [1.807, 2.05) is 6.07 Å². The summed E-state index contributed by atoms with van der Waals surface area (Å²) in [4.78, 5) is 11.3. The number of para-hydroxylation sites is 1. The molecule has 0 aliphatic rings. The Labute approximate surface area is 115 Å². The first-order valence-corrected chi connectivity index (χ1v) is 5.76. The van der Waals surface area contributed by atoms with Gasteiger partial charge in [-0.05, 0) is 24.3 Å². The van der Waals surface area contributed by atoms with Crippen molar-refractivity contribution in [3.8, 4) is 17.6 Å². The third-order valence-corrected chi connectivity index (χ3v) is 2.67. The molecule has 2 N–H and O–H groups in total. The Balaban J connectivity index is 2.45. The van der Waals surface area contributed by atoms with Crippen LogP contribution in [0.25, 0.3) is 0 Å². The third-order valence-electron chi connectivity index (χ3n) is 2.44. The number of hydrogen-bond acceptors (Lipinski definition) is 3. The second-order valence-corrected chi connectivity index (χ2v) is 4.15. The van der Waals surface area contributed by atoms with Crippen LogP contribution in [0.3, 0.4) is 0 Å². The van der Waals surface area contributed by atoms with E-state index in [1.54, 1.807) is 36.4 Å². The van der Waals surface area contributed by atoms with Crippen LogP contribution >= 0.6 is 11.6 Å². The van der Waals surface area contributed by atoms with Gasteiger partial charge in [0.1, 0.15) is 17.6 Å². The van der Waals surface area contributed by atoms with E-state index in [2.05, 4.69) is 0 Å². The summed E-state index contributed by atoms with van der Waals surface area (Å²) in [6.45, 7) is 0. The zero-order valence-electron chi connectivity index (χ0n) is 9.76. The molecular weight excluding hydrogens is 264 g/mol. The van der Waals surface area contributed by atoms with Crippen LogP contribution in [-0.2, 0) is 0 Å². The molecule has 0 saturated carbocycles. The van der Waals surface area contributed by atoms with Gasteiger partial charge in [0.2, 0.25) is 0 Å². The molecule has 94 valence electrons. The molecule has 0 aliphatic carbocycles. The average molecular weight is 273 g/mol. The number of amides is 1. The largest absolute Gasteiger partial charge is 0.455 e. The molecule has 0 aliphatic heterocycles. The second kappa shape index (κ2) is 5.42. The quantitative estimate of drug-likeness (QED) is 0.933. The monoisotopic (exact) mass is 272 g/mol. The number of nitriles is 1. The molecular formula is C14H9ClN2O2. The van der Waals surface area contributed by atoms with Crippen LogP contribution in [0.5, 0.6) is 11.5 Å². The minimum Gasteiger partial charge on any atom is -0.455 e. The molecule has 0 saturated heterocycles. The minimum absolute atomic E-state index is 0.242. The smallest absolute Gasteiger partial charge is 0.252 e. The van der Waals surface area contributed by atoms with E-state index in [-0.39, 0.29) is 17.1 Å². The first kappa shape index (κ1) is 12.9. The van der Waals surface area contributed by atoms with Crippen LogP contribution in [0.1, 0.15) is 15.9 Å². The number of nitrogens with two attached hydrogens (primary N) is 1. The minimum atomic E-state index is -0.601. The lowest BCUT2D eigenvalue weighted by molar-refractivity contribution is 0.0998. The van der Waals surface area contributed by atoms with Gasteiger partial charge in [0.25, 0.3) is 5.91 Å². The zero-order chi connectivity index (χ0) is 13.8. The lowest BCUT2D eigenvalue weighted by Crippen LogP contribution is -2.12. The summed E-state index contributed by atoms with van der Waals surface area (Å²) in [5.74, 6) is -0.0337. The Hall–Kier alpha value is -2.51. The number of benzene rings is 2. The first-order chi connectivity index (χ1) is 9.11.